The summed E-state index contributed by atoms with van der Waals surface area (Å²) in [5.41, 5.74) is 0.536. The molecule has 2 N–H and O–H groups in total. The van der Waals surface area contributed by atoms with Crippen molar-refractivity contribution in [3.63, 3.8) is 0 Å². The van der Waals surface area contributed by atoms with E-state index in [4.69, 9.17) is 0 Å². The molecule has 0 aliphatic heterocycles. The van der Waals surface area contributed by atoms with E-state index >= 15 is 0 Å². The maximum atomic E-state index is 12.1. The molecular formula is C12H15N5O2. The smallest absolute Gasteiger partial charge is 0.259 e. The largest absolute Gasteiger partial charge is 0.364 e. The molecule has 19 heavy (non-hydrogen) atoms. The SMILES string of the molecule is Cc1cc(=O)c(C(=O)N(C)Cc2n[nH]c(C)n2)c[nH]1. The normalized spacial score (nSPS) is 10.5. The summed E-state index contributed by atoms with van der Waals surface area (Å²) in [5, 5.41) is 6.66. The number of rotatable bonds is 3. The third-order valence-electron chi connectivity index (χ3n) is 2.66. The van der Waals surface area contributed by atoms with Gasteiger partial charge in [0.05, 0.1) is 6.54 Å². The molecule has 0 aliphatic carbocycles. The van der Waals surface area contributed by atoms with Gasteiger partial charge in [-0.1, -0.05) is 0 Å². The Morgan fingerprint density at radius 2 is 2.16 bits per heavy atom. The van der Waals surface area contributed by atoms with Gasteiger partial charge in [0.25, 0.3) is 5.91 Å². The van der Waals surface area contributed by atoms with Crippen molar-refractivity contribution in [3.8, 4) is 0 Å². The third-order valence-corrected chi connectivity index (χ3v) is 2.66. The highest BCUT2D eigenvalue weighted by molar-refractivity contribution is 5.93. The van der Waals surface area contributed by atoms with Crippen molar-refractivity contribution >= 4 is 5.91 Å². The third kappa shape index (κ3) is 2.87. The number of nitrogens with one attached hydrogen (secondary N) is 2. The van der Waals surface area contributed by atoms with E-state index in [0.717, 1.165) is 0 Å². The highest BCUT2D eigenvalue weighted by atomic mass is 16.2. The number of pyridine rings is 1. The van der Waals surface area contributed by atoms with Gasteiger partial charge in [-0.2, -0.15) is 5.10 Å². The number of H-pyrrole nitrogens is 2. The van der Waals surface area contributed by atoms with Crippen LogP contribution in [0.2, 0.25) is 0 Å². The molecule has 0 spiro atoms. The van der Waals surface area contributed by atoms with E-state index in [-0.39, 0.29) is 23.4 Å². The van der Waals surface area contributed by atoms with Gasteiger partial charge < -0.3 is 9.88 Å². The molecule has 0 radical (unpaired) electrons. The fourth-order valence-corrected chi connectivity index (χ4v) is 1.69. The first-order valence-electron chi connectivity index (χ1n) is 5.80. The number of carbonyl (C=O) groups is 1. The van der Waals surface area contributed by atoms with E-state index in [9.17, 15) is 9.59 Å². The summed E-state index contributed by atoms with van der Waals surface area (Å²) < 4.78 is 0. The average molecular weight is 261 g/mol. The summed E-state index contributed by atoms with van der Waals surface area (Å²) in [6.07, 6.45) is 1.43. The maximum absolute atomic E-state index is 12.1. The lowest BCUT2D eigenvalue weighted by molar-refractivity contribution is 0.0780. The van der Waals surface area contributed by atoms with Gasteiger partial charge in [0, 0.05) is 25.0 Å². The molecule has 0 atom stereocenters. The van der Waals surface area contributed by atoms with Gasteiger partial charge in [0.1, 0.15) is 11.4 Å². The van der Waals surface area contributed by atoms with Crippen LogP contribution in [-0.4, -0.2) is 38.0 Å². The molecular weight excluding hydrogens is 246 g/mol. The van der Waals surface area contributed by atoms with Crippen molar-refractivity contribution < 1.29 is 4.79 Å². The fourth-order valence-electron chi connectivity index (χ4n) is 1.69. The molecule has 2 aromatic heterocycles. The summed E-state index contributed by atoms with van der Waals surface area (Å²) in [4.78, 5) is 32.2. The van der Waals surface area contributed by atoms with E-state index in [1.54, 1.807) is 20.9 Å². The van der Waals surface area contributed by atoms with Gasteiger partial charge in [0.2, 0.25) is 0 Å². The minimum absolute atomic E-state index is 0.111. The Morgan fingerprint density at radius 1 is 1.42 bits per heavy atom. The molecule has 0 saturated heterocycles. The van der Waals surface area contributed by atoms with Crippen LogP contribution in [0.1, 0.15) is 27.7 Å². The zero-order valence-electron chi connectivity index (χ0n) is 11.0. The average Bonchev–Trinajstić information content (AvgIpc) is 2.74. The molecule has 2 heterocycles. The van der Waals surface area contributed by atoms with Crippen LogP contribution in [0.5, 0.6) is 0 Å². The second kappa shape index (κ2) is 5.05. The van der Waals surface area contributed by atoms with Crippen LogP contribution in [0.3, 0.4) is 0 Å². The zero-order valence-corrected chi connectivity index (χ0v) is 11.0. The van der Waals surface area contributed by atoms with Crippen LogP contribution >= 0.6 is 0 Å². The van der Waals surface area contributed by atoms with Crippen molar-refractivity contribution in [1.82, 2.24) is 25.1 Å². The predicted octanol–water partition coefficient (Wildman–Crippen LogP) is 0.382. The van der Waals surface area contributed by atoms with Crippen molar-refractivity contribution in [2.45, 2.75) is 20.4 Å². The summed E-state index contributed by atoms with van der Waals surface area (Å²) in [6, 6.07) is 1.40. The predicted molar refractivity (Wildman–Crippen MR) is 68.7 cm³/mol. The summed E-state index contributed by atoms with van der Waals surface area (Å²) >= 11 is 0. The molecule has 0 saturated carbocycles. The molecule has 7 heteroatoms. The van der Waals surface area contributed by atoms with E-state index in [2.05, 4.69) is 20.2 Å². The minimum Gasteiger partial charge on any atom is -0.364 e. The van der Waals surface area contributed by atoms with Crippen molar-refractivity contribution in [3.05, 3.63) is 45.4 Å². The van der Waals surface area contributed by atoms with Crippen LogP contribution in [0.4, 0.5) is 0 Å². The van der Waals surface area contributed by atoms with Crippen LogP contribution in [0, 0.1) is 13.8 Å². The number of hydrogen-bond acceptors (Lipinski definition) is 4. The van der Waals surface area contributed by atoms with Gasteiger partial charge in [-0.3, -0.25) is 14.7 Å². The minimum atomic E-state index is -0.358. The number of aryl methyl sites for hydroxylation is 2. The highest BCUT2D eigenvalue weighted by Crippen LogP contribution is 2.02. The standard InChI is InChI=1S/C12H15N5O2/c1-7-4-10(18)9(5-13-7)12(19)17(3)6-11-14-8(2)15-16-11/h4-5H,6H2,1-3H3,(H,13,18)(H,14,15,16). The van der Waals surface area contributed by atoms with Crippen LogP contribution < -0.4 is 5.43 Å². The molecule has 0 aromatic carbocycles. The van der Waals surface area contributed by atoms with Crippen LogP contribution in [0.15, 0.2) is 17.1 Å². The monoisotopic (exact) mass is 261 g/mol. The number of hydrogen-bond donors (Lipinski definition) is 2. The number of aromatic amines is 2. The quantitative estimate of drug-likeness (QED) is 0.835. The van der Waals surface area contributed by atoms with E-state index < -0.39 is 0 Å². The Bertz CT molecular complexity index is 658. The van der Waals surface area contributed by atoms with Crippen molar-refractivity contribution in [1.29, 1.82) is 0 Å². The number of aromatic nitrogens is 4. The topological polar surface area (TPSA) is 94.7 Å². The van der Waals surface area contributed by atoms with Gasteiger partial charge >= 0.3 is 0 Å². The zero-order chi connectivity index (χ0) is 14.0. The summed E-state index contributed by atoms with van der Waals surface area (Å²) in [7, 11) is 1.60. The second-order valence-corrected chi connectivity index (χ2v) is 4.39. The Kier molecular flexibility index (Phi) is 3.46. The highest BCUT2D eigenvalue weighted by Gasteiger charge is 2.16. The van der Waals surface area contributed by atoms with Crippen LogP contribution in [0.25, 0.3) is 0 Å². The molecule has 0 bridgehead atoms. The molecule has 0 unspecified atom stereocenters. The Balaban J connectivity index is 2.17. The Labute approximate surface area is 109 Å². The molecule has 2 rings (SSSR count). The summed E-state index contributed by atoms with van der Waals surface area (Å²) in [6.45, 7) is 3.79. The summed E-state index contributed by atoms with van der Waals surface area (Å²) in [5.74, 6) is 0.838. The number of carbonyl (C=O) groups excluding carboxylic acids is 1. The number of nitrogens with zero attached hydrogens (tertiary/aromatic N) is 3. The first-order chi connectivity index (χ1) is 8.97. The van der Waals surface area contributed by atoms with Crippen molar-refractivity contribution in [2.24, 2.45) is 0 Å². The maximum Gasteiger partial charge on any atom is 0.259 e. The second-order valence-electron chi connectivity index (χ2n) is 4.39. The van der Waals surface area contributed by atoms with Gasteiger partial charge in [0.15, 0.2) is 11.3 Å². The lowest BCUT2D eigenvalue weighted by Gasteiger charge is -2.14. The van der Waals surface area contributed by atoms with Gasteiger partial charge in [-0.05, 0) is 13.8 Å². The first-order valence-corrected chi connectivity index (χ1v) is 5.80. The Hall–Kier alpha value is -2.44. The lowest BCUT2D eigenvalue weighted by Crippen LogP contribution is -2.31. The van der Waals surface area contributed by atoms with Gasteiger partial charge in [-0.25, -0.2) is 4.98 Å². The van der Waals surface area contributed by atoms with Crippen molar-refractivity contribution in [2.75, 3.05) is 7.05 Å². The van der Waals surface area contributed by atoms with Gasteiger partial charge in [-0.15, -0.1) is 0 Å². The Morgan fingerprint density at radius 3 is 2.74 bits per heavy atom. The molecule has 100 valence electrons. The van der Waals surface area contributed by atoms with E-state index in [1.165, 1.54) is 17.2 Å². The molecule has 2 aromatic rings. The lowest BCUT2D eigenvalue weighted by atomic mass is 10.2. The first kappa shape index (κ1) is 13.0. The number of amides is 1. The molecule has 0 fully saturated rings. The van der Waals surface area contributed by atoms with Crippen LogP contribution in [-0.2, 0) is 6.54 Å². The molecule has 1 amide bonds. The fraction of sp³-hybridized carbons (Fsp3) is 0.333. The molecule has 7 nitrogen and oxygen atoms in total. The molecule has 0 aliphatic rings. The van der Waals surface area contributed by atoms with E-state index in [0.29, 0.717) is 17.3 Å². The van der Waals surface area contributed by atoms with E-state index in [1.807, 2.05) is 0 Å².